The molecular weight excluding hydrogens is 541 g/mol. The third-order valence-electron chi connectivity index (χ3n) is 6.08. The van der Waals surface area contributed by atoms with Gasteiger partial charge in [0.15, 0.2) is 5.76 Å². The lowest BCUT2D eigenvalue weighted by atomic mass is 10.0. The van der Waals surface area contributed by atoms with Crippen LogP contribution >= 0.6 is 11.6 Å². The highest BCUT2D eigenvalue weighted by Crippen LogP contribution is 2.32. The molecule has 2 atom stereocenters. The van der Waals surface area contributed by atoms with E-state index in [1.165, 1.54) is 36.4 Å². The molecule has 0 radical (unpaired) electrons. The Balaban J connectivity index is 1.43. The van der Waals surface area contributed by atoms with Crippen molar-refractivity contribution in [3.05, 3.63) is 106 Å². The number of aliphatic carboxylic acids is 1. The van der Waals surface area contributed by atoms with Gasteiger partial charge in [-0.05, 0) is 49.7 Å². The number of carbonyl (C=O) groups is 3. The van der Waals surface area contributed by atoms with Gasteiger partial charge >= 0.3 is 12.1 Å². The van der Waals surface area contributed by atoms with E-state index >= 15 is 0 Å². The predicted molar refractivity (Wildman–Crippen MR) is 146 cm³/mol. The molecule has 40 heavy (non-hydrogen) atoms. The third-order valence-corrected chi connectivity index (χ3v) is 6.43. The van der Waals surface area contributed by atoms with Gasteiger partial charge in [0.2, 0.25) is 0 Å². The van der Waals surface area contributed by atoms with E-state index in [4.69, 9.17) is 20.9 Å². The third kappa shape index (κ3) is 6.83. The molecule has 1 aromatic heterocycles. The van der Waals surface area contributed by atoms with Gasteiger partial charge in [0.25, 0.3) is 5.91 Å². The molecule has 9 nitrogen and oxygen atoms in total. The molecule has 3 N–H and O–H groups in total. The van der Waals surface area contributed by atoms with Gasteiger partial charge in [0.05, 0.1) is 0 Å². The van der Waals surface area contributed by atoms with Crippen LogP contribution < -0.4 is 10.6 Å². The van der Waals surface area contributed by atoms with Crippen LogP contribution in [-0.2, 0) is 16.0 Å². The van der Waals surface area contributed by atoms with E-state index in [9.17, 15) is 23.9 Å². The van der Waals surface area contributed by atoms with Crippen molar-refractivity contribution in [1.29, 1.82) is 0 Å². The van der Waals surface area contributed by atoms with Crippen LogP contribution in [0.2, 0.25) is 5.02 Å². The molecule has 1 heterocycles. The zero-order chi connectivity index (χ0) is 28.8. The molecule has 0 aliphatic heterocycles. The van der Waals surface area contributed by atoms with Gasteiger partial charge in [-0.25, -0.2) is 14.0 Å². The second-order valence-electron chi connectivity index (χ2n) is 8.94. The van der Waals surface area contributed by atoms with Gasteiger partial charge in [-0.1, -0.05) is 59.2 Å². The van der Waals surface area contributed by atoms with Crippen molar-refractivity contribution in [2.45, 2.75) is 32.4 Å². The van der Waals surface area contributed by atoms with Gasteiger partial charge in [0, 0.05) is 28.1 Å². The summed E-state index contributed by atoms with van der Waals surface area (Å²) in [4.78, 5) is 37.1. The van der Waals surface area contributed by atoms with Gasteiger partial charge in [-0.15, -0.1) is 0 Å². The molecule has 1 unspecified atom stereocenters. The second-order valence-corrected chi connectivity index (χ2v) is 9.35. The average molecular weight is 566 g/mol. The first kappa shape index (κ1) is 28.3. The highest BCUT2D eigenvalue weighted by molar-refractivity contribution is 6.31. The SMILES string of the molecule is Cc1noc(-c2ccc(C(=O)NC(Cc3ccc(F)cc3)C(=O)O)cc2)c1NC(=O)O[C@H](C)c1ccccc1Cl. The highest BCUT2D eigenvalue weighted by Gasteiger charge is 2.23. The topological polar surface area (TPSA) is 131 Å². The van der Waals surface area contributed by atoms with Crippen LogP contribution in [-0.4, -0.2) is 34.3 Å². The van der Waals surface area contributed by atoms with Crippen LogP contribution in [0.1, 0.15) is 40.2 Å². The Bertz CT molecular complexity index is 1520. The Hall–Kier alpha value is -4.70. The fourth-order valence-corrected chi connectivity index (χ4v) is 4.23. The fourth-order valence-electron chi connectivity index (χ4n) is 3.95. The molecule has 3 aromatic carbocycles. The van der Waals surface area contributed by atoms with Crippen molar-refractivity contribution >= 4 is 35.3 Å². The molecule has 4 rings (SSSR count). The maximum Gasteiger partial charge on any atom is 0.412 e. The van der Waals surface area contributed by atoms with E-state index < -0.39 is 35.9 Å². The Morgan fingerprint density at radius 3 is 2.38 bits per heavy atom. The number of hydrogen-bond acceptors (Lipinski definition) is 6. The van der Waals surface area contributed by atoms with Crippen molar-refractivity contribution in [2.24, 2.45) is 0 Å². The number of anilines is 1. The number of carboxylic acids is 1. The number of carboxylic acid groups (broad SMARTS) is 1. The summed E-state index contributed by atoms with van der Waals surface area (Å²) in [6.07, 6.45) is -1.37. The first-order valence-electron chi connectivity index (χ1n) is 12.2. The molecular formula is C29H25ClFN3O6. The number of benzene rings is 3. The standard InChI is InChI=1S/C29H25ClFN3O6/c1-16-25(33-29(38)39-17(2)22-5-3-4-6-23(22)30)26(40-34-16)19-9-11-20(12-10-19)27(35)32-24(28(36)37)15-18-7-13-21(31)14-8-18/h3-14,17,24H,15H2,1-2H3,(H,32,35)(H,33,38)(H,36,37)/t17-,24?/m1/s1. The molecule has 11 heteroatoms. The zero-order valence-corrected chi connectivity index (χ0v) is 22.2. The van der Waals surface area contributed by atoms with Crippen LogP contribution in [0.15, 0.2) is 77.3 Å². The van der Waals surface area contributed by atoms with Crippen molar-refractivity contribution in [1.82, 2.24) is 10.5 Å². The molecule has 0 saturated carbocycles. The minimum Gasteiger partial charge on any atom is -0.480 e. The van der Waals surface area contributed by atoms with Gasteiger partial charge in [-0.3, -0.25) is 10.1 Å². The predicted octanol–water partition coefficient (Wildman–Crippen LogP) is 6.18. The lowest BCUT2D eigenvalue weighted by Crippen LogP contribution is -2.42. The molecule has 206 valence electrons. The Kier molecular flexibility index (Phi) is 8.80. The molecule has 0 aliphatic carbocycles. The van der Waals surface area contributed by atoms with Gasteiger partial charge < -0.3 is 19.7 Å². The summed E-state index contributed by atoms with van der Waals surface area (Å²) in [5.74, 6) is -2.03. The quantitative estimate of drug-likeness (QED) is 0.221. The number of amides is 2. The van der Waals surface area contributed by atoms with E-state index in [-0.39, 0.29) is 17.7 Å². The number of hydrogen-bond donors (Lipinski definition) is 3. The summed E-state index contributed by atoms with van der Waals surface area (Å²) in [5, 5.41) is 19.1. The first-order chi connectivity index (χ1) is 19.1. The van der Waals surface area contributed by atoms with Crippen LogP contribution in [0.3, 0.4) is 0 Å². The smallest absolute Gasteiger partial charge is 0.412 e. The van der Waals surface area contributed by atoms with Crippen molar-refractivity contribution in [3.8, 4) is 11.3 Å². The van der Waals surface area contributed by atoms with E-state index in [0.29, 0.717) is 33.1 Å². The number of carbonyl (C=O) groups excluding carboxylic acids is 2. The summed E-state index contributed by atoms with van der Waals surface area (Å²) in [6, 6.07) is 17.3. The van der Waals surface area contributed by atoms with Crippen molar-refractivity contribution in [3.63, 3.8) is 0 Å². The van der Waals surface area contributed by atoms with Gasteiger partial charge in [-0.2, -0.15) is 0 Å². The Labute approximate surface area is 233 Å². The van der Waals surface area contributed by atoms with Gasteiger partial charge in [0.1, 0.15) is 29.3 Å². The Morgan fingerprint density at radius 1 is 1.05 bits per heavy atom. The molecule has 4 aromatic rings. The second kappa shape index (κ2) is 12.4. The van der Waals surface area contributed by atoms with Crippen molar-refractivity contribution < 1.29 is 33.1 Å². The minimum atomic E-state index is -1.22. The van der Waals surface area contributed by atoms with Crippen LogP contribution in [0.4, 0.5) is 14.9 Å². The van der Waals surface area contributed by atoms with E-state index in [2.05, 4.69) is 15.8 Å². The minimum absolute atomic E-state index is 0.0169. The van der Waals surface area contributed by atoms with Crippen LogP contribution in [0, 0.1) is 12.7 Å². The number of nitrogens with one attached hydrogen (secondary N) is 2. The number of aromatic nitrogens is 1. The lowest BCUT2D eigenvalue weighted by molar-refractivity contribution is -0.139. The van der Waals surface area contributed by atoms with E-state index in [0.717, 1.165) is 0 Å². The maximum atomic E-state index is 13.2. The first-order valence-corrected chi connectivity index (χ1v) is 12.6. The summed E-state index contributed by atoms with van der Waals surface area (Å²) >= 11 is 6.19. The molecule has 0 aliphatic rings. The summed E-state index contributed by atoms with van der Waals surface area (Å²) < 4.78 is 24.0. The molecule has 0 bridgehead atoms. The number of halogens is 2. The van der Waals surface area contributed by atoms with E-state index in [1.807, 2.05) is 0 Å². The average Bonchev–Trinajstić information content (AvgIpc) is 3.29. The number of rotatable bonds is 9. The molecule has 0 saturated heterocycles. The fraction of sp³-hybridized carbons (Fsp3) is 0.172. The summed E-state index contributed by atoms with van der Waals surface area (Å²) in [5.41, 5.74) is 2.62. The Morgan fingerprint density at radius 2 is 1.73 bits per heavy atom. The number of aryl methyl sites for hydroxylation is 1. The monoisotopic (exact) mass is 565 g/mol. The van der Waals surface area contributed by atoms with Crippen LogP contribution in [0.25, 0.3) is 11.3 Å². The normalized spacial score (nSPS) is 12.3. The van der Waals surface area contributed by atoms with E-state index in [1.54, 1.807) is 50.2 Å². The highest BCUT2D eigenvalue weighted by atomic mass is 35.5. The maximum absolute atomic E-state index is 13.2. The molecule has 2 amide bonds. The summed E-state index contributed by atoms with van der Waals surface area (Å²) in [6.45, 7) is 3.34. The van der Waals surface area contributed by atoms with Crippen molar-refractivity contribution in [2.75, 3.05) is 5.32 Å². The number of ether oxygens (including phenoxy) is 1. The largest absolute Gasteiger partial charge is 0.480 e. The molecule has 0 fully saturated rings. The van der Waals surface area contributed by atoms with Crippen LogP contribution in [0.5, 0.6) is 0 Å². The zero-order valence-electron chi connectivity index (χ0n) is 21.5. The lowest BCUT2D eigenvalue weighted by Gasteiger charge is -2.15. The molecule has 0 spiro atoms. The number of nitrogens with zero attached hydrogens (tertiary/aromatic N) is 1. The summed E-state index contributed by atoms with van der Waals surface area (Å²) in [7, 11) is 0.